The molecule has 0 aromatic heterocycles. The second-order valence-corrected chi connectivity index (χ2v) is 4.18. The summed E-state index contributed by atoms with van der Waals surface area (Å²) in [5.74, 6) is 0. The lowest BCUT2D eigenvalue weighted by molar-refractivity contribution is -0.917. The van der Waals surface area contributed by atoms with Gasteiger partial charge in [-0.15, -0.1) is 0 Å². The van der Waals surface area contributed by atoms with E-state index in [9.17, 15) is 0 Å². The Morgan fingerprint density at radius 3 is 2.44 bits per heavy atom. The van der Waals surface area contributed by atoms with Crippen LogP contribution in [0.1, 0.15) is 5.56 Å². The van der Waals surface area contributed by atoms with E-state index in [1.165, 1.54) is 5.56 Å². The van der Waals surface area contributed by atoms with Gasteiger partial charge in [-0.25, -0.2) is 0 Å². The minimum absolute atomic E-state index is 0. The highest BCUT2D eigenvalue weighted by Gasteiger charge is 2.19. The summed E-state index contributed by atoms with van der Waals surface area (Å²) in [7, 11) is 2.14. The molecule has 0 aliphatic rings. The van der Waals surface area contributed by atoms with Crippen molar-refractivity contribution in [2.24, 2.45) is 0 Å². The Kier molecular flexibility index (Phi) is 7.06. The molecule has 0 saturated carbocycles. The zero-order valence-corrected chi connectivity index (χ0v) is 10.5. The number of hydrogen-bond donors (Lipinski definition) is 1. The molecular weight excluding hydrogens is 222 g/mol. The molecule has 1 atom stereocenters. The average Bonchev–Trinajstić information content (AvgIpc) is 2.19. The molecule has 1 unspecified atom stereocenters. The van der Waals surface area contributed by atoms with Gasteiger partial charge in [-0.2, -0.15) is 0 Å². The fourth-order valence-corrected chi connectivity index (χ4v) is 1.81. The lowest BCUT2D eigenvalue weighted by Gasteiger charge is -2.33. The molecule has 0 radical (unpaired) electrons. The van der Waals surface area contributed by atoms with Gasteiger partial charge in [0.1, 0.15) is 13.1 Å². The third-order valence-electron chi connectivity index (χ3n) is 2.62. The molecule has 0 saturated heterocycles. The van der Waals surface area contributed by atoms with Crippen LogP contribution in [0.5, 0.6) is 0 Å². The Morgan fingerprint density at radius 1 is 1.31 bits per heavy atom. The van der Waals surface area contributed by atoms with E-state index < -0.39 is 0 Å². The normalized spacial score (nSPS) is 13.6. The molecule has 90 valence electrons. The minimum Gasteiger partial charge on any atom is -1.00 e. The summed E-state index contributed by atoms with van der Waals surface area (Å²) in [5, 5.41) is 9.06. The highest BCUT2D eigenvalue weighted by molar-refractivity contribution is 5.13. The minimum atomic E-state index is 0. The second-order valence-electron chi connectivity index (χ2n) is 4.18. The third-order valence-corrected chi connectivity index (χ3v) is 2.62. The van der Waals surface area contributed by atoms with Crippen LogP contribution in [0.3, 0.4) is 0 Å². The van der Waals surface area contributed by atoms with Gasteiger partial charge < -0.3 is 22.0 Å². The summed E-state index contributed by atoms with van der Waals surface area (Å²) in [5.41, 5.74) is 1.30. The van der Waals surface area contributed by atoms with Crippen molar-refractivity contribution in [3.8, 4) is 0 Å². The Morgan fingerprint density at radius 2 is 1.94 bits per heavy atom. The molecule has 3 heteroatoms. The van der Waals surface area contributed by atoms with Crippen LogP contribution in [0.15, 0.2) is 43.0 Å². The summed E-state index contributed by atoms with van der Waals surface area (Å²) in [6.07, 6.45) is 1.92. The van der Waals surface area contributed by atoms with Gasteiger partial charge in [0.05, 0.1) is 20.2 Å². The average molecular weight is 242 g/mol. The first kappa shape index (κ1) is 15.2. The highest BCUT2D eigenvalue weighted by atomic mass is 35.5. The van der Waals surface area contributed by atoms with E-state index in [1.807, 2.05) is 24.3 Å². The molecule has 0 amide bonds. The second kappa shape index (κ2) is 7.44. The van der Waals surface area contributed by atoms with Gasteiger partial charge in [0, 0.05) is 5.56 Å². The Balaban J connectivity index is 0.00000225. The summed E-state index contributed by atoms with van der Waals surface area (Å²) in [6, 6.07) is 10.4. The molecule has 16 heavy (non-hydrogen) atoms. The molecule has 1 aromatic rings. The zero-order valence-electron chi connectivity index (χ0n) is 9.77. The van der Waals surface area contributed by atoms with Crippen LogP contribution in [0.4, 0.5) is 0 Å². The van der Waals surface area contributed by atoms with Crippen LogP contribution in [-0.2, 0) is 6.54 Å². The number of rotatable bonds is 6. The summed E-state index contributed by atoms with van der Waals surface area (Å²) >= 11 is 0. The predicted octanol–water partition coefficient (Wildman–Crippen LogP) is -1.18. The standard InChI is InChI=1S/C13H20NO.ClH/c1-3-9-14(2,10-11-15)12-13-7-5-4-6-8-13;/h3-8,15H,1,9-12H2,2H3;1H/q+1;/p-1. The van der Waals surface area contributed by atoms with Crippen molar-refractivity contribution in [2.45, 2.75) is 6.54 Å². The molecule has 1 N–H and O–H groups in total. The smallest absolute Gasteiger partial charge is 0.104 e. The van der Waals surface area contributed by atoms with Crippen LogP contribution in [0.25, 0.3) is 0 Å². The number of quaternary nitrogens is 1. The van der Waals surface area contributed by atoms with Gasteiger partial charge >= 0.3 is 0 Å². The molecule has 0 bridgehead atoms. The Labute approximate surface area is 104 Å². The number of benzene rings is 1. The van der Waals surface area contributed by atoms with Gasteiger partial charge in [-0.05, 0) is 6.08 Å². The van der Waals surface area contributed by atoms with E-state index in [-0.39, 0.29) is 19.0 Å². The number of halogens is 1. The van der Waals surface area contributed by atoms with Crippen molar-refractivity contribution in [3.05, 3.63) is 48.6 Å². The van der Waals surface area contributed by atoms with Crippen molar-refractivity contribution in [1.29, 1.82) is 0 Å². The van der Waals surface area contributed by atoms with Gasteiger partial charge in [0.2, 0.25) is 0 Å². The summed E-state index contributed by atoms with van der Waals surface area (Å²) in [4.78, 5) is 0. The van der Waals surface area contributed by atoms with Crippen molar-refractivity contribution in [1.82, 2.24) is 0 Å². The van der Waals surface area contributed by atoms with Crippen LogP contribution in [-0.4, -0.2) is 36.3 Å². The molecule has 1 rings (SSSR count). The Bertz CT molecular complexity index is 302. The zero-order chi connectivity index (χ0) is 11.1. The molecule has 0 spiro atoms. The third kappa shape index (κ3) is 4.79. The lowest BCUT2D eigenvalue weighted by atomic mass is 10.2. The maximum absolute atomic E-state index is 9.06. The topological polar surface area (TPSA) is 20.2 Å². The van der Waals surface area contributed by atoms with E-state index in [4.69, 9.17) is 5.11 Å². The van der Waals surface area contributed by atoms with Crippen LogP contribution in [0, 0.1) is 0 Å². The molecule has 0 heterocycles. The van der Waals surface area contributed by atoms with Crippen molar-refractivity contribution in [3.63, 3.8) is 0 Å². The molecule has 1 aromatic carbocycles. The summed E-state index contributed by atoms with van der Waals surface area (Å²) < 4.78 is 0.810. The number of hydrogen-bond acceptors (Lipinski definition) is 1. The van der Waals surface area contributed by atoms with Gasteiger partial charge in [-0.3, -0.25) is 0 Å². The fourth-order valence-electron chi connectivity index (χ4n) is 1.81. The first-order chi connectivity index (χ1) is 7.20. The van der Waals surface area contributed by atoms with Gasteiger partial charge in [0.25, 0.3) is 0 Å². The van der Waals surface area contributed by atoms with Crippen molar-refractivity contribution in [2.75, 3.05) is 26.7 Å². The van der Waals surface area contributed by atoms with Crippen LogP contribution in [0.2, 0.25) is 0 Å². The quantitative estimate of drug-likeness (QED) is 0.491. The Hall–Kier alpha value is -0.830. The summed E-state index contributed by atoms with van der Waals surface area (Å²) in [6.45, 7) is 6.58. The maximum atomic E-state index is 9.06. The van der Waals surface area contributed by atoms with Crippen LogP contribution >= 0.6 is 0 Å². The van der Waals surface area contributed by atoms with Crippen molar-refractivity contribution < 1.29 is 22.0 Å². The van der Waals surface area contributed by atoms with E-state index >= 15 is 0 Å². The van der Waals surface area contributed by atoms with Crippen LogP contribution < -0.4 is 12.4 Å². The number of aliphatic hydroxyl groups excluding tert-OH is 1. The SMILES string of the molecule is C=CC[N+](C)(CCO)Cc1ccccc1.[Cl-]. The predicted molar refractivity (Wildman–Crippen MR) is 63.3 cm³/mol. The lowest BCUT2D eigenvalue weighted by Crippen LogP contribution is -3.00. The first-order valence-electron chi connectivity index (χ1n) is 5.29. The highest BCUT2D eigenvalue weighted by Crippen LogP contribution is 2.11. The number of likely N-dealkylation sites (N-methyl/N-ethyl adjacent to an activating group) is 1. The maximum Gasteiger partial charge on any atom is 0.104 e. The van der Waals surface area contributed by atoms with E-state index in [0.29, 0.717) is 0 Å². The van der Waals surface area contributed by atoms with Crippen molar-refractivity contribution >= 4 is 0 Å². The van der Waals surface area contributed by atoms with E-state index in [1.54, 1.807) is 0 Å². The van der Waals surface area contributed by atoms with Gasteiger partial charge in [-0.1, -0.05) is 36.9 Å². The first-order valence-corrected chi connectivity index (χ1v) is 5.29. The molecule has 0 aliphatic heterocycles. The number of aliphatic hydroxyl groups is 1. The van der Waals surface area contributed by atoms with E-state index in [0.717, 1.165) is 24.1 Å². The van der Waals surface area contributed by atoms with Gasteiger partial charge in [0.15, 0.2) is 0 Å². The van der Waals surface area contributed by atoms with E-state index in [2.05, 4.69) is 25.8 Å². The molecule has 0 fully saturated rings. The molecule has 2 nitrogen and oxygen atoms in total. The monoisotopic (exact) mass is 241 g/mol. The molecule has 0 aliphatic carbocycles. The largest absolute Gasteiger partial charge is 1.00 e. The molecular formula is C13H20ClNO. The fraction of sp³-hybridized carbons (Fsp3) is 0.385. The number of nitrogens with zero attached hydrogens (tertiary/aromatic N) is 1.